The molecule has 1 amide bonds. The van der Waals surface area contributed by atoms with Gasteiger partial charge in [0.25, 0.3) is 0 Å². The van der Waals surface area contributed by atoms with Crippen molar-refractivity contribution in [1.29, 1.82) is 0 Å². The molecule has 1 aromatic rings. The van der Waals surface area contributed by atoms with Crippen molar-refractivity contribution in [2.45, 2.75) is 6.54 Å². The SMILES string of the molecule is Cl.Nc1ccc(CNC(=O)O)cc1. The summed E-state index contributed by atoms with van der Waals surface area (Å²) in [6, 6.07) is 7.04. The van der Waals surface area contributed by atoms with Gasteiger partial charge in [-0.15, -0.1) is 12.4 Å². The lowest BCUT2D eigenvalue weighted by Gasteiger charge is -2.00. The molecule has 0 saturated heterocycles. The number of rotatable bonds is 2. The average Bonchev–Trinajstić information content (AvgIpc) is 2.03. The number of nitrogens with one attached hydrogen (secondary N) is 1. The Morgan fingerprint density at radius 1 is 1.38 bits per heavy atom. The van der Waals surface area contributed by atoms with Crippen LogP contribution in [0, 0.1) is 0 Å². The number of nitrogen functional groups attached to an aromatic ring is 1. The molecule has 0 radical (unpaired) electrons. The standard InChI is InChI=1S/C8H10N2O2.ClH/c9-7-3-1-6(2-4-7)5-10-8(11)12;/h1-4,10H,5,9H2,(H,11,12);1H. The minimum absolute atomic E-state index is 0. The van der Waals surface area contributed by atoms with Crippen molar-refractivity contribution < 1.29 is 9.90 Å². The first-order chi connectivity index (χ1) is 5.68. The highest BCUT2D eigenvalue weighted by atomic mass is 35.5. The van der Waals surface area contributed by atoms with Crippen LogP contribution in [-0.4, -0.2) is 11.2 Å². The number of hydrogen-bond donors (Lipinski definition) is 3. The quantitative estimate of drug-likeness (QED) is 0.636. The van der Waals surface area contributed by atoms with Crippen LogP contribution in [0.15, 0.2) is 24.3 Å². The largest absolute Gasteiger partial charge is 0.465 e. The molecule has 4 nitrogen and oxygen atoms in total. The van der Waals surface area contributed by atoms with Gasteiger partial charge in [0, 0.05) is 12.2 Å². The zero-order valence-electron chi connectivity index (χ0n) is 6.86. The van der Waals surface area contributed by atoms with Crippen molar-refractivity contribution in [1.82, 2.24) is 5.32 Å². The number of hydrogen-bond acceptors (Lipinski definition) is 2. The maximum atomic E-state index is 10.1. The van der Waals surface area contributed by atoms with Crippen molar-refractivity contribution in [3.8, 4) is 0 Å². The van der Waals surface area contributed by atoms with Crippen LogP contribution < -0.4 is 11.1 Å². The van der Waals surface area contributed by atoms with E-state index in [4.69, 9.17) is 10.8 Å². The summed E-state index contributed by atoms with van der Waals surface area (Å²) < 4.78 is 0. The Hall–Kier alpha value is -1.42. The third-order valence-electron chi connectivity index (χ3n) is 1.42. The van der Waals surface area contributed by atoms with Crippen molar-refractivity contribution in [2.75, 3.05) is 5.73 Å². The molecule has 0 aliphatic carbocycles. The van der Waals surface area contributed by atoms with Crippen LogP contribution in [0.1, 0.15) is 5.56 Å². The van der Waals surface area contributed by atoms with Crippen LogP contribution >= 0.6 is 12.4 Å². The average molecular weight is 203 g/mol. The maximum Gasteiger partial charge on any atom is 0.404 e. The molecule has 1 rings (SSSR count). The minimum Gasteiger partial charge on any atom is -0.465 e. The number of benzene rings is 1. The Labute approximate surface area is 82.2 Å². The smallest absolute Gasteiger partial charge is 0.404 e. The van der Waals surface area contributed by atoms with Crippen LogP contribution in [0.25, 0.3) is 0 Å². The molecular formula is C8H11ClN2O2. The molecule has 4 N–H and O–H groups in total. The summed E-state index contributed by atoms with van der Waals surface area (Å²) in [6.45, 7) is 0.315. The highest BCUT2D eigenvalue weighted by Crippen LogP contribution is 2.04. The molecule has 0 atom stereocenters. The Morgan fingerprint density at radius 3 is 2.38 bits per heavy atom. The maximum absolute atomic E-state index is 10.1. The molecule has 0 saturated carbocycles. The van der Waals surface area contributed by atoms with Gasteiger partial charge in [0.2, 0.25) is 0 Å². The second-order valence-electron chi connectivity index (χ2n) is 2.40. The van der Waals surface area contributed by atoms with Crippen LogP contribution in [0.3, 0.4) is 0 Å². The Morgan fingerprint density at radius 2 is 1.92 bits per heavy atom. The summed E-state index contributed by atoms with van der Waals surface area (Å²) in [4.78, 5) is 10.1. The molecule has 13 heavy (non-hydrogen) atoms. The van der Waals surface area contributed by atoms with Gasteiger partial charge in [-0.05, 0) is 17.7 Å². The lowest BCUT2D eigenvalue weighted by Crippen LogP contribution is -2.19. The molecule has 72 valence electrons. The highest BCUT2D eigenvalue weighted by molar-refractivity contribution is 5.85. The number of carboxylic acid groups (broad SMARTS) is 1. The molecule has 0 spiro atoms. The van der Waals surface area contributed by atoms with Crippen molar-refractivity contribution in [2.24, 2.45) is 0 Å². The van der Waals surface area contributed by atoms with Gasteiger partial charge in [0.05, 0.1) is 0 Å². The van der Waals surface area contributed by atoms with E-state index in [1.807, 2.05) is 0 Å². The van der Waals surface area contributed by atoms with Gasteiger partial charge < -0.3 is 16.2 Å². The van der Waals surface area contributed by atoms with Crippen LogP contribution in [0.2, 0.25) is 0 Å². The van der Waals surface area contributed by atoms with Crippen molar-refractivity contribution in [3.63, 3.8) is 0 Å². The summed E-state index contributed by atoms with van der Waals surface area (Å²) in [7, 11) is 0. The first-order valence-electron chi connectivity index (χ1n) is 3.49. The van der Waals surface area contributed by atoms with E-state index >= 15 is 0 Å². The molecule has 5 heteroatoms. The number of nitrogens with two attached hydrogens (primary N) is 1. The topological polar surface area (TPSA) is 75.3 Å². The highest BCUT2D eigenvalue weighted by Gasteiger charge is 1.94. The lowest BCUT2D eigenvalue weighted by molar-refractivity contribution is 0.194. The molecule has 0 aromatic heterocycles. The van der Waals surface area contributed by atoms with E-state index in [2.05, 4.69) is 5.32 Å². The van der Waals surface area contributed by atoms with Crippen molar-refractivity contribution >= 4 is 24.2 Å². The summed E-state index contributed by atoms with van der Waals surface area (Å²) in [5.74, 6) is 0. The first-order valence-corrected chi connectivity index (χ1v) is 3.49. The number of carbonyl (C=O) groups is 1. The van der Waals surface area contributed by atoms with Gasteiger partial charge in [-0.25, -0.2) is 4.79 Å². The zero-order chi connectivity index (χ0) is 8.97. The molecule has 0 bridgehead atoms. The second kappa shape index (κ2) is 5.27. The molecule has 0 aliphatic heterocycles. The van der Waals surface area contributed by atoms with Crippen LogP contribution in [0.5, 0.6) is 0 Å². The van der Waals surface area contributed by atoms with Crippen LogP contribution in [-0.2, 0) is 6.54 Å². The molecule has 0 heterocycles. The number of amides is 1. The van der Waals surface area contributed by atoms with E-state index in [0.717, 1.165) is 5.56 Å². The molecule has 0 aliphatic rings. The van der Waals surface area contributed by atoms with Gasteiger partial charge in [-0.2, -0.15) is 0 Å². The summed E-state index contributed by atoms with van der Waals surface area (Å²) >= 11 is 0. The summed E-state index contributed by atoms with van der Waals surface area (Å²) in [5.41, 5.74) is 7.02. The lowest BCUT2D eigenvalue weighted by atomic mass is 10.2. The van der Waals surface area contributed by atoms with E-state index in [0.29, 0.717) is 12.2 Å². The fourth-order valence-corrected chi connectivity index (χ4v) is 0.813. The fraction of sp³-hybridized carbons (Fsp3) is 0.125. The Kier molecular flexibility index (Phi) is 4.69. The Bertz CT molecular complexity index is 274. The molecule has 0 unspecified atom stereocenters. The first kappa shape index (κ1) is 11.6. The van der Waals surface area contributed by atoms with E-state index in [1.165, 1.54) is 0 Å². The van der Waals surface area contributed by atoms with Gasteiger partial charge in [0.1, 0.15) is 0 Å². The van der Waals surface area contributed by atoms with E-state index in [9.17, 15) is 4.79 Å². The van der Waals surface area contributed by atoms with E-state index in [-0.39, 0.29) is 12.4 Å². The van der Waals surface area contributed by atoms with Gasteiger partial charge in [-0.3, -0.25) is 0 Å². The third kappa shape index (κ3) is 4.22. The van der Waals surface area contributed by atoms with Crippen LogP contribution in [0.4, 0.5) is 10.5 Å². The number of anilines is 1. The van der Waals surface area contributed by atoms with Gasteiger partial charge in [-0.1, -0.05) is 12.1 Å². The fourth-order valence-electron chi connectivity index (χ4n) is 0.813. The minimum atomic E-state index is -1.02. The van der Waals surface area contributed by atoms with Gasteiger partial charge >= 0.3 is 6.09 Å². The predicted octanol–water partition coefficient (Wildman–Crippen LogP) is 1.46. The number of halogens is 1. The predicted molar refractivity (Wildman–Crippen MR) is 53.0 cm³/mol. The van der Waals surface area contributed by atoms with Gasteiger partial charge in [0.15, 0.2) is 0 Å². The second-order valence-corrected chi connectivity index (χ2v) is 2.40. The van der Waals surface area contributed by atoms with Crippen molar-refractivity contribution in [3.05, 3.63) is 29.8 Å². The molecule has 1 aromatic carbocycles. The summed E-state index contributed by atoms with van der Waals surface area (Å²) in [5, 5.41) is 10.6. The van der Waals surface area contributed by atoms with E-state index in [1.54, 1.807) is 24.3 Å². The Balaban J connectivity index is 0.00000144. The third-order valence-corrected chi connectivity index (χ3v) is 1.42. The molecular weight excluding hydrogens is 192 g/mol. The monoisotopic (exact) mass is 202 g/mol. The summed E-state index contributed by atoms with van der Waals surface area (Å²) in [6.07, 6.45) is -1.02. The van der Waals surface area contributed by atoms with E-state index < -0.39 is 6.09 Å². The normalized spacial score (nSPS) is 8.62. The molecule has 0 fully saturated rings. The zero-order valence-corrected chi connectivity index (χ0v) is 7.67.